The number of thiazole rings is 1. The SMILES string of the molecule is CC(=O)N(C1CC1)C(C(=O)O)c1csc(C(C)(C)C)n1. The summed E-state index contributed by atoms with van der Waals surface area (Å²) in [6.07, 6.45) is 1.75. The molecule has 1 amide bonds. The van der Waals surface area contributed by atoms with Gasteiger partial charge >= 0.3 is 5.97 Å². The Morgan fingerprint density at radius 2 is 2.05 bits per heavy atom. The van der Waals surface area contributed by atoms with Gasteiger partial charge in [0, 0.05) is 23.8 Å². The summed E-state index contributed by atoms with van der Waals surface area (Å²) in [6, 6.07) is -0.916. The Hall–Kier alpha value is -1.43. The fourth-order valence-electron chi connectivity index (χ4n) is 2.15. The summed E-state index contributed by atoms with van der Waals surface area (Å²) in [5.74, 6) is -1.22. The lowest BCUT2D eigenvalue weighted by atomic mass is 9.98. The van der Waals surface area contributed by atoms with Crippen LogP contribution in [0.25, 0.3) is 0 Å². The van der Waals surface area contributed by atoms with E-state index in [0.717, 1.165) is 17.8 Å². The summed E-state index contributed by atoms with van der Waals surface area (Å²) in [7, 11) is 0. The first-order chi connectivity index (χ1) is 9.21. The summed E-state index contributed by atoms with van der Waals surface area (Å²) in [6.45, 7) is 7.53. The second kappa shape index (κ2) is 5.16. The number of amides is 1. The van der Waals surface area contributed by atoms with E-state index in [1.807, 2.05) is 20.8 Å². The second-order valence-electron chi connectivity index (χ2n) is 6.23. The molecule has 1 saturated carbocycles. The van der Waals surface area contributed by atoms with Crippen LogP contribution in [0.3, 0.4) is 0 Å². The molecule has 0 aliphatic heterocycles. The molecule has 20 heavy (non-hydrogen) atoms. The van der Waals surface area contributed by atoms with E-state index in [-0.39, 0.29) is 17.4 Å². The first-order valence-corrected chi connectivity index (χ1v) is 7.57. The smallest absolute Gasteiger partial charge is 0.332 e. The second-order valence-corrected chi connectivity index (χ2v) is 7.08. The van der Waals surface area contributed by atoms with Gasteiger partial charge in [0.05, 0.1) is 10.7 Å². The molecule has 0 bridgehead atoms. The van der Waals surface area contributed by atoms with Crippen molar-refractivity contribution < 1.29 is 14.7 Å². The number of aliphatic carboxylic acids is 1. The fraction of sp³-hybridized carbons (Fsp3) is 0.643. The zero-order valence-corrected chi connectivity index (χ0v) is 13.0. The maximum atomic E-state index is 11.8. The normalized spacial score (nSPS) is 16.8. The number of rotatable bonds is 4. The Labute approximate surface area is 122 Å². The van der Waals surface area contributed by atoms with Crippen LogP contribution in [0.15, 0.2) is 5.38 Å². The van der Waals surface area contributed by atoms with Crippen LogP contribution in [-0.4, -0.2) is 32.9 Å². The van der Waals surface area contributed by atoms with Gasteiger partial charge in [-0.2, -0.15) is 0 Å². The number of aromatic nitrogens is 1. The van der Waals surface area contributed by atoms with Gasteiger partial charge in [-0.1, -0.05) is 20.8 Å². The lowest BCUT2D eigenvalue weighted by molar-refractivity contribution is -0.150. The van der Waals surface area contributed by atoms with Crippen LogP contribution in [0.2, 0.25) is 0 Å². The Morgan fingerprint density at radius 1 is 1.45 bits per heavy atom. The van der Waals surface area contributed by atoms with Crippen molar-refractivity contribution in [2.75, 3.05) is 0 Å². The highest BCUT2D eigenvalue weighted by molar-refractivity contribution is 7.09. The zero-order valence-electron chi connectivity index (χ0n) is 12.2. The van der Waals surface area contributed by atoms with Gasteiger partial charge in [-0.15, -0.1) is 11.3 Å². The van der Waals surface area contributed by atoms with Crippen molar-refractivity contribution in [1.82, 2.24) is 9.88 Å². The summed E-state index contributed by atoms with van der Waals surface area (Å²) >= 11 is 1.45. The number of carbonyl (C=O) groups is 2. The largest absolute Gasteiger partial charge is 0.479 e. The highest BCUT2D eigenvalue weighted by atomic mass is 32.1. The van der Waals surface area contributed by atoms with Gasteiger partial charge in [-0.05, 0) is 12.8 Å². The van der Waals surface area contributed by atoms with Crippen molar-refractivity contribution in [3.63, 3.8) is 0 Å². The summed E-state index contributed by atoms with van der Waals surface area (Å²) in [5, 5.41) is 12.2. The molecule has 0 aromatic carbocycles. The third kappa shape index (κ3) is 3.00. The maximum absolute atomic E-state index is 11.8. The van der Waals surface area contributed by atoms with Crippen LogP contribution >= 0.6 is 11.3 Å². The van der Waals surface area contributed by atoms with Crippen LogP contribution in [0.1, 0.15) is 57.3 Å². The van der Waals surface area contributed by atoms with Gasteiger partial charge < -0.3 is 10.0 Å². The highest BCUT2D eigenvalue weighted by Gasteiger charge is 2.41. The summed E-state index contributed by atoms with van der Waals surface area (Å²) < 4.78 is 0. The number of carboxylic acid groups (broad SMARTS) is 1. The Kier molecular flexibility index (Phi) is 3.86. The van der Waals surface area contributed by atoms with Crippen LogP contribution < -0.4 is 0 Å². The first kappa shape index (κ1) is 15.0. The quantitative estimate of drug-likeness (QED) is 0.927. The minimum absolute atomic E-state index is 0.0494. The molecule has 2 rings (SSSR count). The van der Waals surface area contributed by atoms with Crippen LogP contribution in [0.5, 0.6) is 0 Å². The first-order valence-electron chi connectivity index (χ1n) is 6.69. The minimum Gasteiger partial charge on any atom is -0.479 e. The van der Waals surface area contributed by atoms with E-state index < -0.39 is 12.0 Å². The monoisotopic (exact) mass is 296 g/mol. The van der Waals surface area contributed by atoms with Crippen LogP contribution in [0, 0.1) is 0 Å². The van der Waals surface area contributed by atoms with E-state index in [9.17, 15) is 14.7 Å². The van der Waals surface area contributed by atoms with E-state index in [4.69, 9.17) is 0 Å². The molecule has 5 nitrogen and oxygen atoms in total. The molecule has 0 spiro atoms. The molecule has 110 valence electrons. The van der Waals surface area contributed by atoms with Crippen molar-refractivity contribution in [3.05, 3.63) is 16.1 Å². The zero-order chi connectivity index (χ0) is 15.1. The molecule has 1 unspecified atom stereocenters. The van der Waals surface area contributed by atoms with Gasteiger partial charge in [0.15, 0.2) is 6.04 Å². The lowest BCUT2D eigenvalue weighted by Crippen LogP contribution is -2.39. The predicted octanol–water partition coefficient (Wildman–Crippen LogP) is 2.58. The van der Waals surface area contributed by atoms with Crippen LogP contribution in [0.4, 0.5) is 0 Å². The number of carbonyl (C=O) groups excluding carboxylic acids is 1. The average Bonchev–Trinajstić information content (AvgIpc) is 2.99. The van der Waals surface area contributed by atoms with Crippen LogP contribution in [-0.2, 0) is 15.0 Å². The third-order valence-corrected chi connectivity index (χ3v) is 4.55. The minimum atomic E-state index is -1.02. The van der Waals surface area contributed by atoms with E-state index in [1.165, 1.54) is 23.2 Å². The van der Waals surface area contributed by atoms with Crippen molar-refractivity contribution in [3.8, 4) is 0 Å². The van der Waals surface area contributed by atoms with Gasteiger partial charge in [0.25, 0.3) is 0 Å². The fourth-order valence-corrected chi connectivity index (χ4v) is 3.07. The van der Waals surface area contributed by atoms with E-state index in [1.54, 1.807) is 5.38 Å². The van der Waals surface area contributed by atoms with Crippen molar-refractivity contribution >= 4 is 23.2 Å². The van der Waals surface area contributed by atoms with E-state index >= 15 is 0 Å². The lowest BCUT2D eigenvalue weighted by Gasteiger charge is -2.26. The molecule has 0 radical (unpaired) electrons. The number of carboxylic acids is 1. The molecular weight excluding hydrogens is 276 g/mol. The average molecular weight is 296 g/mol. The molecule has 1 aromatic rings. The Balaban J connectivity index is 2.35. The van der Waals surface area contributed by atoms with E-state index in [0.29, 0.717) is 5.69 Å². The number of hydrogen-bond donors (Lipinski definition) is 1. The molecule has 0 saturated heterocycles. The van der Waals surface area contributed by atoms with Gasteiger partial charge in [0.1, 0.15) is 0 Å². The van der Waals surface area contributed by atoms with Gasteiger partial charge in [-0.25, -0.2) is 9.78 Å². The molecule has 1 aromatic heterocycles. The predicted molar refractivity (Wildman–Crippen MR) is 76.7 cm³/mol. The molecule has 6 heteroatoms. The third-order valence-electron chi connectivity index (χ3n) is 3.26. The topological polar surface area (TPSA) is 70.5 Å². The summed E-state index contributed by atoms with van der Waals surface area (Å²) in [4.78, 5) is 29.3. The summed E-state index contributed by atoms with van der Waals surface area (Å²) in [5.41, 5.74) is 0.349. The van der Waals surface area contributed by atoms with E-state index in [2.05, 4.69) is 4.98 Å². The van der Waals surface area contributed by atoms with Gasteiger partial charge in [-0.3, -0.25) is 4.79 Å². The number of hydrogen-bond acceptors (Lipinski definition) is 4. The van der Waals surface area contributed by atoms with Gasteiger partial charge in [0.2, 0.25) is 5.91 Å². The molecule has 1 fully saturated rings. The standard InChI is InChI=1S/C14H20N2O3S/c1-8(17)16(9-5-6-9)11(12(18)19)10-7-20-13(15-10)14(2,3)4/h7,9,11H,5-6H2,1-4H3,(H,18,19). The molecule has 1 N–H and O–H groups in total. The molecule has 1 heterocycles. The Morgan fingerprint density at radius 3 is 2.40 bits per heavy atom. The van der Waals surface area contributed by atoms with Crippen molar-refractivity contribution in [2.24, 2.45) is 0 Å². The Bertz CT molecular complexity index is 529. The molecule has 1 atom stereocenters. The highest BCUT2D eigenvalue weighted by Crippen LogP contribution is 2.36. The van der Waals surface area contributed by atoms with Crippen molar-refractivity contribution in [1.29, 1.82) is 0 Å². The number of nitrogens with zero attached hydrogens (tertiary/aromatic N) is 2. The van der Waals surface area contributed by atoms with Crippen molar-refractivity contribution in [2.45, 2.75) is 58.0 Å². The molecule has 1 aliphatic carbocycles. The molecular formula is C14H20N2O3S. The maximum Gasteiger partial charge on any atom is 0.332 e. The molecule has 1 aliphatic rings.